The summed E-state index contributed by atoms with van der Waals surface area (Å²) in [6.07, 6.45) is 0.713. The number of para-hydroxylation sites is 1. The van der Waals surface area contributed by atoms with Crippen LogP contribution in [0.25, 0.3) is 0 Å². The molecule has 0 atom stereocenters. The van der Waals surface area contributed by atoms with Gasteiger partial charge in [-0.15, -0.1) is 0 Å². The zero-order valence-corrected chi connectivity index (χ0v) is 15.9. The highest BCUT2D eigenvalue weighted by Crippen LogP contribution is 2.26. The third-order valence-corrected chi connectivity index (χ3v) is 4.28. The summed E-state index contributed by atoms with van der Waals surface area (Å²) in [5.74, 6) is 0.868. The quantitative estimate of drug-likeness (QED) is 0.664. The lowest BCUT2D eigenvalue weighted by Crippen LogP contribution is -2.30. The van der Waals surface area contributed by atoms with E-state index in [4.69, 9.17) is 4.74 Å². The first-order valence-corrected chi connectivity index (χ1v) is 8.89. The Bertz CT molecular complexity index is 677. The Morgan fingerprint density at radius 3 is 2.70 bits per heavy atom. The first-order chi connectivity index (χ1) is 11.1. The van der Waals surface area contributed by atoms with Crippen LogP contribution in [0.15, 0.2) is 51.4 Å². The van der Waals surface area contributed by atoms with Crippen molar-refractivity contribution in [2.45, 2.75) is 13.3 Å². The highest BCUT2D eigenvalue weighted by atomic mass is 79.9. The molecule has 0 heterocycles. The van der Waals surface area contributed by atoms with Gasteiger partial charge in [0.1, 0.15) is 5.75 Å². The number of benzene rings is 2. The monoisotopic (exact) mass is 440 g/mol. The van der Waals surface area contributed by atoms with Crippen LogP contribution in [-0.2, 0) is 6.42 Å². The van der Waals surface area contributed by atoms with Crippen LogP contribution in [0.3, 0.4) is 0 Å². The van der Waals surface area contributed by atoms with Gasteiger partial charge in [-0.3, -0.25) is 0 Å². The second kappa shape index (κ2) is 8.93. The maximum absolute atomic E-state index is 12.0. The third-order valence-electron chi connectivity index (χ3n) is 3.13. The van der Waals surface area contributed by atoms with Crippen molar-refractivity contribution in [2.75, 3.05) is 18.5 Å². The van der Waals surface area contributed by atoms with Crippen LogP contribution in [0, 0.1) is 0 Å². The fourth-order valence-corrected chi connectivity index (χ4v) is 3.22. The van der Waals surface area contributed by atoms with E-state index >= 15 is 0 Å². The van der Waals surface area contributed by atoms with Gasteiger partial charge in [-0.25, -0.2) is 4.79 Å². The molecule has 0 saturated heterocycles. The molecule has 0 saturated carbocycles. The van der Waals surface area contributed by atoms with E-state index in [-0.39, 0.29) is 6.03 Å². The summed E-state index contributed by atoms with van der Waals surface area (Å²) in [6, 6.07) is 13.2. The molecular formula is C17H18Br2N2O2. The topological polar surface area (TPSA) is 50.4 Å². The maximum Gasteiger partial charge on any atom is 0.319 e. The lowest BCUT2D eigenvalue weighted by atomic mass is 10.1. The van der Waals surface area contributed by atoms with Gasteiger partial charge in [0, 0.05) is 15.5 Å². The Kier molecular flexibility index (Phi) is 6.92. The Labute approximate surface area is 152 Å². The number of ether oxygens (including phenoxy) is 1. The summed E-state index contributed by atoms with van der Waals surface area (Å²) in [4.78, 5) is 12.0. The van der Waals surface area contributed by atoms with Gasteiger partial charge in [-0.2, -0.15) is 0 Å². The predicted molar refractivity (Wildman–Crippen MR) is 100 cm³/mol. The molecule has 4 nitrogen and oxygen atoms in total. The number of urea groups is 1. The molecule has 0 unspecified atom stereocenters. The second-order valence-corrected chi connectivity index (χ2v) is 6.57. The number of anilines is 1. The molecule has 0 spiro atoms. The zero-order chi connectivity index (χ0) is 16.7. The lowest BCUT2D eigenvalue weighted by molar-refractivity contribution is 0.252. The number of amides is 2. The van der Waals surface area contributed by atoms with Crippen LogP contribution >= 0.6 is 31.9 Å². The van der Waals surface area contributed by atoms with Crippen LogP contribution in [0.1, 0.15) is 12.5 Å². The van der Waals surface area contributed by atoms with Gasteiger partial charge in [0.25, 0.3) is 0 Å². The number of carbonyl (C=O) groups excluding carboxylic acids is 1. The first-order valence-electron chi connectivity index (χ1n) is 7.30. The molecule has 0 aliphatic rings. The van der Waals surface area contributed by atoms with Crippen molar-refractivity contribution in [1.29, 1.82) is 0 Å². The fourth-order valence-electron chi connectivity index (χ4n) is 2.07. The van der Waals surface area contributed by atoms with E-state index in [2.05, 4.69) is 42.5 Å². The number of nitrogens with one attached hydrogen (secondary N) is 2. The van der Waals surface area contributed by atoms with E-state index in [1.165, 1.54) is 0 Å². The average molecular weight is 442 g/mol. The Balaban J connectivity index is 1.85. The van der Waals surface area contributed by atoms with Crippen molar-refractivity contribution < 1.29 is 9.53 Å². The summed E-state index contributed by atoms with van der Waals surface area (Å²) >= 11 is 6.80. The van der Waals surface area contributed by atoms with E-state index in [9.17, 15) is 4.79 Å². The van der Waals surface area contributed by atoms with E-state index in [0.717, 1.165) is 25.9 Å². The minimum absolute atomic E-state index is 0.234. The van der Waals surface area contributed by atoms with E-state index in [0.29, 0.717) is 19.6 Å². The number of rotatable bonds is 6. The van der Waals surface area contributed by atoms with Gasteiger partial charge in [0.15, 0.2) is 0 Å². The zero-order valence-electron chi connectivity index (χ0n) is 12.7. The summed E-state index contributed by atoms with van der Waals surface area (Å²) in [5, 5.41) is 5.67. The number of hydrogen-bond acceptors (Lipinski definition) is 2. The van der Waals surface area contributed by atoms with Gasteiger partial charge in [-0.05, 0) is 59.1 Å². The molecule has 2 N–H and O–H groups in total. The molecule has 122 valence electrons. The normalized spacial score (nSPS) is 10.2. The molecule has 2 aromatic rings. The molecule has 2 amide bonds. The number of hydrogen-bond donors (Lipinski definition) is 2. The fraction of sp³-hybridized carbons (Fsp3) is 0.235. The minimum Gasteiger partial charge on any atom is -0.494 e. The van der Waals surface area contributed by atoms with Gasteiger partial charge in [0.05, 0.1) is 12.3 Å². The summed E-state index contributed by atoms with van der Waals surface area (Å²) in [5.41, 5.74) is 1.81. The molecule has 0 bridgehead atoms. The van der Waals surface area contributed by atoms with Gasteiger partial charge < -0.3 is 15.4 Å². The third kappa shape index (κ3) is 5.55. The summed E-state index contributed by atoms with van der Waals surface area (Å²) in [6.45, 7) is 3.12. The molecule has 2 rings (SSSR count). The van der Waals surface area contributed by atoms with Crippen molar-refractivity contribution in [3.8, 4) is 5.75 Å². The van der Waals surface area contributed by atoms with Gasteiger partial charge in [0.2, 0.25) is 0 Å². The van der Waals surface area contributed by atoms with E-state index in [1.54, 1.807) is 0 Å². The number of halogens is 2. The Hall–Kier alpha value is -1.53. The van der Waals surface area contributed by atoms with Gasteiger partial charge in [-0.1, -0.05) is 34.1 Å². The highest BCUT2D eigenvalue weighted by molar-refractivity contribution is 9.11. The van der Waals surface area contributed by atoms with Crippen molar-refractivity contribution >= 4 is 43.6 Å². The van der Waals surface area contributed by atoms with Crippen molar-refractivity contribution in [3.63, 3.8) is 0 Å². The maximum atomic E-state index is 12.0. The molecule has 0 radical (unpaired) electrons. The van der Waals surface area contributed by atoms with Crippen molar-refractivity contribution in [2.24, 2.45) is 0 Å². The lowest BCUT2D eigenvalue weighted by Gasteiger charge is -2.12. The SMILES string of the molecule is CCOc1ccccc1CCNC(=O)Nc1ccc(Br)cc1Br. The molecule has 0 aliphatic heterocycles. The van der Waals surface area contributed by atoms with Crippen LogP contribution in [0.2, 0.25) is 0 Å². The molecule has 0 aliphatic carbocycles. The Morgan fingerprint density at radius 2 is 1.96 bits per heavy atom. The average Bonchev–Trinajstić information content (AvgIpc) is 2.52. The van der Waals surface area contributed by atoms with Crippen molar-refractivity contribution in [1.82, 2.24) is 5.32 Å². The van der Waals surface area contributed by atoms with E-state index in [1.807, 2.05) is 49.4 Å². The van der Waals surface area contributed by atoms with E-state index < -0.39 is 0 Å². The molecular weight excluding hydrogens is 424 g/mol. The Morgan fingerprint density at radius 1 is 1.17 bits per heavy atom. The highest BCUT2D eigenvalue weighted by Gasteiger charge is 2.07. The molecule has 23 heavy (non-hydrogen) atoms. The number of carbonyl (C=O) groups is 1. The molecule has 0 fully saturated rings. The second-order valence-electron chi connectivity index (χ2n) is 4.80. The van der Waals surface area contributed by atoms with Crippen LogP contribution in [-0.4, -0.2) is 19.2 Å². The van der Waals surface area contributed by atoms with Gasteiger partial charge >= 0.3 is 6.03 Å². The molecule has 2 aromatic carbocycles. The first kappa shape index (κ1) is 17.8. The standard InChI is InChI=1S/C17H18Br2N2O2/c1-2-23-16-6-4-3-5-12(16)9-10-20-17(22)21-15-8-7-13(18)11-14(15)19/h3-8,11H,2,9-10H2,1H3,(H2,20,21,22). The van der Waals surface area contributed by atoms with Crippen molar-refractivity contribution in [3.05, 3.63) is 57.0 Å². The molecule has 6 heteroatoms. The molecule has 0 aromatic heterocycles. The largest absolute Gasteiger partial charge is 0.494 e. The minimum atomic E-state index is -0.234. The van der Waals surface area contributed by atoms with Crippen LogP contribution in [0.5, 0.6) is 5.75 Å². The van der Waals surface area contributed by atoms with Crippen LogP contribution < -0.4 is 15.4 Å². The summed E-state index contributed by atoms with van der Waals surface area (Å²) in [7, 11) is 0. The predicted octanol–water partition coefficient (Wildman–Crippen LogP) is 4.97. The van der Waals surface area contributed by atoms with Crippen LogP contribution in [0.4, 0.5) is 10.5 Å². The smallest absolute Gasteiger partial charge is 0.319 e. The summed E-state index contributed by atoms with van der Waals surface area (Å²) < 4.78 is 7.35.